The number of rotatable bonds is 7. The highest BCUT2D eigenvalue weighted by Gasteiger charge is 2.31. The number of piperidine rings is 1. The molecule has 3 aliphatic rings. The molecular weight excluding hydrogens is 498 g/mol. The van der Waals surface area contributed by atoms with Gasteiger partial charge in [0.25, 0.3) is 5.91 Å². The molecule has 4 rings (SSSR count). The topological polar surface area (TPSA) is 107 Å². The van der Waals surface area contributed by atoms with Crippen molar-refractivity contribution in [2.75, 3.05) is 18.4 Å². The third-order valence-electron chi connectivity index (χ3n) is 8.10. The molecule has 0 unspecified atom stereocenters. The SMILES string of the molecule is CC(=N)c1cc(C(=O)NC2CCC(N3CCC(NC(=O)OC(C)(C)C)CC3)CC2)sc1NC1CCCCC1. The van der Waals surface area contributed by atoms with Gasteiger partial charge < -0.3 is 31.0 Å². The zero-order chi connectivity index (χ0) is 27.3. The van der Waals surface area contributed by atoms with Gasteiger partial charge in [-0.05, 0) is 85.1 Å². The Bertz CT molecular complexity index is 965. The third-order valence-corrected chi connectivity index (χ3v) is 9.16. The van der Waals surface area contributed by atoms with Crippen LogP contribution in [0, 0.1) is 5.41 Å². The van der Waals surface area contributed by atoms with Gasteiger partial charge in [-0.25, -0.2) is 4.79 Å². The van der Waals surface area contributed by atoms with Crippen LogP contribution in [0.15, 0.2) is 6.07 Å². The van der Waals surface area contributed by atoms with Crippen molar-refractivity contribution in [3.8, 4) is 0 Å². The lowest BCUT2D eigenvalue weighted by Gasteiger charge is -2.41. The van der Waals surface area contributed by atoms with Crippen molar-refractivity contribution in [3.63, 3.8) is 0 Å². The second-order valence-electron chi connectivity index (χ2n) is 12.4. The number of carbonyl (C=O) groups is 2. The van der Waals surface area contributed by atoms with Crippen LogP contribution in [0.4, 0.5) is 9.80 Å². The Hall–Kier alpha value is -2.13. The number of hydrogen-bond acceptors (Lipinski definition) is 7. The summed E-state index contributed by atoms with van der Waals surface area (Å²) in [5.41, 5.74) is 0.890. The summed E-state index contributed by atoms with van der Waals surface area (Å²) in [5, 5.41) is 19.1. The first-order valence-corrected chi connectivity index (χ1v) is 15.4. The molecule has 1 aromatic rings. The number of carbonyl (C=O) groups excluding carboxylic acids is 2. The maximum atomic E-state index is 13.1. The van der Waals surface area contributed by atoms with Crippen LogP contribution < -0.4 is 16.0 Å². The van der Waals surface area contributed by atoms with E-state index in [-0.39, 0.29) is 24.1 Å². The number of likely N-dealkylation sites (tertiary alicyclic amines) is 1. The van der Waals surface area contributed by atoms with E-state index in [1.54, 1.807) is 6.92 Å². The number of alkyl carbamates (subject to hydrolysis) is 1. The maximum absolute atomic E-state index is 13.1. The Balaban J connectivity index is 1.22. The molecule has 3 fully saturated rings. The molecule has 4 N–H and O–H groups in total. The molecule has 38 heavy (non-hydrogen) atoms. The fraction of sp³-hybridized carbons (Fsp3) is 0.759. The van der Waals surface area contributed by atoms with Gasteiger partial charge >= 0.3 is 6.09 Å². The summed E-state index contributed by atoms with van der Waals surface area (Å²) in [4.78, 5) is 28.5. The molecule has 0 aromatic carbocycles. The molecule has 9 heteroatoms. The van der Waals surface area contributed by atoms with Crippen molar-refractivity contribution in [1.82, 2.24) is 15.5 Å². The summed E-state index contributed by atoms with van der Waals surface area (Å²) in [6, 6.07) is 3.27. The average Bonchev–Trinajstić information content (AvgIpc) is 3.29. The minimum atomic E-state index is -0.474. The molecule has 212 valence electrons. The van der Waals surface area contributed by atoms with Crippen LogP contribution in [0.3, 0.4) is 0 Å². The Labute approximate surface area is 232 Å². The molecule has 8 nitrogen and oxygen atoms in total. The van der Waals surface area contributed by atoms with E-state index < -0.39 is 5.60 Å². The highest BCUT2D eigenvalue weighted by molar-refractivity contribution is 7.18. The van der Waals surface area contributed by atoms with Crippen molar-refractivity contribution in [3.05, 3.63) is 16.5 Å². The zero-order valence-corrected chi connectivity index (χ0v) is 24.5. The van der Waals surface area contributed by atoms with Gasteiger partial charge in [0.2, 0.25) is 0 Å². The van der Waals surface area contributed by atoms with E-state index >= 15 is 0 Å². The fourth-order valence-electron chi connectivity index (χ4n) is 6.05. The Morgan fingerprint density at radius 1 is 0.921 bits per heavy atom. The van der Waals surface area contributed by atoms with Gasteiger partial charge in [-0.2, -0.15) is 0 Å². The molecule has 1 saturated heterocycles. The normalized spacial score (nSPS) is 24.0. The number of anilines is 1. The number of hydrogen-bond donors (Lipinski definition) is 4. The summed E-state index contributed by atoms with van der Waals surface area (Å²) in [6.07, 6.45) is 11.8. The molecule has 0 radical (unpaired) electrons. The quantitative estimate of drug-likeness (QED) is 0.319. The molecule has 0 spiro atoms. The highest BCUT2D eigenvalue weighted by Crippen LogP contribution is 2.32. The zero-order valence-electron chi connectivity index (χ0n) is 23.7. The number of ether oxygens (including phenoxy) is 1. The minimum absolute atomic E-state index is 0.00771. The summed E-state index contributed by atoms with van der Waals surface area (Å²) in [5.74, 6) is -0.00771. The molecule has 2 aliphatic carbocycles. The Morgan fingerprint density at radius 3 is 2.16 bits per heavy atom. The molecule has 1 aromatic heterocycles. The summed E-state index contributed by atoms with van der Waals surface area (Å²) < 4.78 is 5.40. The summed E-state index contributed by atoms with van der Waals surface area (Å²) in [7, 11) is 0. The third kappa shape index (κ3) is 8.18. The van der Waals surface area contributed by atoms with Crippen LogP contribution in [0.5, 0.6) is 0 Å². The first kappa shape index (κ1) is 28.9. The van der Waals surface area contributed by atoms with Crippen LogP contribution in [-0.4, -0.2) is 65.5 Å². The van der Waals surface area contributed by atoms with Gasteiger partial charge in [-0.1, -0.05) is 19.3 Å². The molecule has 0 bridgehead atoms. The van der Waals surface area contributed by atoms with Gasteiger partial charge in [0.05, 0.1) is 9.88 Å². The van der Waals surface area contributed by atoms with E-state index in [4.69, 9.17) is 10.1 Å². The second kappa shape index (κ2) is 12.8. The molecule has 1 aliphatic heterocycles. The second-order valence-corrected chi connectivity index (χ2v) is 13.4. The lowest BCUT2D eigenvalue weighted by molar-refractivity contribution is 0.0455. The van der Waals surface area contributed by atoms with Crippen LogP contribution in [0.1, 0.15) is 114 Å². The van der Waals surface area contributed by atoms with E-state index in [1.165, 1.54) is 30.6 Å². The van der Waals surface area contributed by atoms with Gasteiger partial charge in [0.15, 0.2) is 0 Å². The van der Waals surface area contributed by atoms with Crippen molar-refractivity contribution in [2.45, 2.75) is 128 Å². The standard InChI is InChI=1S/C29H47N5O3S/c1-19(30)24-18-25(38-27(24)32-20-8-6-5-7-9-20)26(35)31-21-10-12-23(13-11-21)34-16-14-22(15-17-34)33-28(36)37-29(2,3)4/h18,20-23,30,32H,5-17H2,1-4H3,(H,31,35)(H,33,36). The van der Waals surface area contributed by atoms with E-state index in [1.807, 2.05) is 26.8 Å². The maximum Gasteiger partial charge on any atom is 0.407 e. The fourth-order valence-corrected chi connectivity index (χ4v) is 7.14. The molecule has 2 amide bonds. The molecule has 2 heterocycles. The lowest BCUT2D eigenvalue weighted by Crippen LogP contribution is -2.50. The van der Waals surface area contributed by atoms with Crippen LogP contribution in [0.25, 0.3) is 0 Å². The van der Waals surface area contributed by atoms with Gasteiger partial charge in [-0.3, -0.25) is 4.79 Å². The van der Waals surface area contributed by atoms with Gasteiger partial charge in [0, 0.05) is 48.5 Å². The number of nitrogens with one attached hydrogen (secondary N) is 4. The minimum Gasteiger partial charge on any atom is -0.444 e. The van der Waals surface area contributed by atoms with Gasteiger partial charge in [-0.15, -0.1) is 11.3 Å². The largest absolute Gasteiger partial charge is 0.444 e. The predicted octanol–water partition coefficient (Wildman–Crippen LogP) is 5.91. The lowest BCUT2D eigenvalue weighted by atomic mass is 9.88. The van der Waals surface area contributed by atoms with Crippen LogP contribution in [0.2, 0.25) is 0 Å². The van der Waals surface area contributed by atoms with E-state index in [0.29, 0.717) is 22.7 Å². The first-order valence-electron chi connectivity index (χ1n) is 14.6. The Kier molecular flexibility index (Phi) is 9.74. The summed E-state index contributed by atoms with van der Waals surface area (Å²) >= 11 is 1.50. The monoisotopic (exact) mass is 545 g/mol. The van der Waals surface area contributed by atoms with E-state index in [2.05, 4.69) is 20.9 Å². The smallest absolute Gasteiger partial charge is 0.407 e. The van der Waals surface area contributed by atoms with Gasteiger partial charge in [0.1, 0.15) is 5.60 Å². The Morgan fingerprint density at radius 2 is 1.55 bits per heavy atom. The number of amides is 2. The molecule has 2 saturated carbocycles. The van der Waals surface area contributed by atoms with Crippen molar-refractivity contribution < 1.29 is 14.3 Å². The highest BCUT2D eigenvalue weighted by atomic mass is 32.1. The first-order chi connectivity index (χ1) is 18.1. The average molecular weight is 546 g/mol. The number of thiophene rings is 1. The van der Waals surface area contributed by atoms with E-state index in [0.717, 1.165) is 75.0 Å². The van der Waals surface area contributed by atoms with Crippen LogP contribution >= 0.6 is 11.3 Å². The number of nitrogens with zero attached hydrogens (tertiary/aromatic N) is 1. The molecule has 0 atom stereocenters. The van der Waals surface area contributed by atoms with Crippen molar-refractivity contribution in [1.29, 1.82) is 5.41 Å². The van der Waals surface area contributed by atoms with Crippen molar-refractivity contribution >= 4 is 34.0 Å². The molecular formula is C29H47N5O3S. The van der Waals surface area contributed by atoms with E-state index in [9.17, 15) is 9.59 Å². The summed E-state index contributed by atoms with van der Waals surface area (Å²) in [6.45, 7) is 9.42. The predicted molar refractivity (Wildman–Crippen MR) is 155 cm³/mol. The van der Waals surface area contributed by atoms with Crippen LogP contribution in [-0.2, 0) is 4.74 Å². The van der Waals surface area contributed by atoms with Crippen molar-refractivity contribution in [2.24, 2.45) is 0 Å².